The number of carbonyl (C=O) groups is 1. The Labute approximate surface area is 129 Å². The molecule has 1 atom stereocenters. The molecule has 112 valence electrons. The van der Waals surface area contributed by atoms with Gasteiger partial charge in [-0.15, -0.1) is 0 Å². The maximum absolute atomic E-state index is 12.8. The maximum atomic E-state index is 12.8. The molecule has 1 aliphatic rings. The molecule has 2 aromatic rings. The summed E-state index contributed by atoms with van der Waals surface area (Å²) in [5.41, 5.74) is 2.17. The van der Waals surface area contributed by atoms with Crippen LogP contribution in [0.15, 0.2) is 36.7 Å². The molecule has 5 heteroatoms. The number of amides is 1. The highest BCUT2D eigenvalue weighted by Gasteiger charge is 2.29. The Bertz CT molecular complexity index is 728. The van der Waals surface area contributed by atoms with Crippen LogP contribution in [0.1, 0.15) is 46.8 Å². The molecule has 1 amide bonds. The Kier molecular flexibility index (Phi) is 3.92. The summed E-state index contributed by atoms with van der Waals surface area (Å²) in [6.07, 6.45) is 6.89. The average molecular weight is 294 g/mol. The first-order valence-electron chi connectivity index (χ1n) is 7.49. The normalized spacial score (nSPS) is 18.0. The molecule has 2 heterocycles. The Balaban J connectivity index is 1.90. The quantitative estimate of drug-likeness (QED) is 0.855. The second kappa shape index (κ2) is 6.02. The lowest BCUT2D eigenvalue weighted by molar-refractivity contribution is 0.0611. The van der Waals surface area contributed by atoms with Crippen LogP contribution >= 0.6 is 0 Å². The van der Waals surface area contributed by atoms with Gasteiger partial charge in [-0.25, -0.2) is 0 Å². The second-order valence-corrected chi connectivity index (χ2v) is 5.65. The minimum absolute atomic E-state index is 0.00865. The Morgan fingerprint density at radius 1 is 1.41 bits per heavy atom. The molecule has 5 nitrogen and oxygen atoms in total. The van der Waals surface area contributed by atoms with Gasteiger partial charge in [0.25, 0.3) is 5.91 Å². The predicted octanol–water partition coefficient (Wildman–Crippen LogP) is 2.66. The van der Waals surface area contributed by atoms with E-state index in [2.05, 4.69) is 11.2 Å². The third-order valence-corrected chi connectivity index (χ3v) is 4.11. The molecule has 0 aliphatic carbocycles. The fourth-order valence-electron chi connectivity index (χ4n) is 3.02. The summed E-state index contributed by atoms with van der Waals surface area (Å²) in [6, 6.07) is 9.07. The van der Waals surface area contributed by atoms with Crippen molar-refractivity contribution in [2.45, 2.75) is 25.3 Å². The highest BCUT2D eigenvalue weighted by Crippen LogP contribution is 2.31. The molecule has 1 unspecified atom stereocenters. The number of piperidine rings is 1. The SMILES string of the molecule is Cn1cc(C2CCCCN2C(=O)c2cccc(C#N)c2)cn1. The monoisotopic (exact) mass is 294 g/mol. The van der Waals surface area contributed by atoms with Gasteiger partial charge in [0.1, 0.15) is 0 Å². The molecular formula is C17H18N4O. The molecule has 3 rings (SSSR count). The zero-order chi connectivity index (χ0) is 15.5. The topological polar surface area (TPSA) is 61.9 Å². The van der Waals surface area contributed by atoms with E-state index in [0.29, 0.717) is 11.1 Å². The summed E-state index contributed by atoms with van der Waals surface area (Å²) in [7, 11) is 1.88. The van der Waals surface area contributed by atoms with E-state index in [9.17, 15) is 4.79 Å². The minimum Gasteiger partial charge on any atom is -0.331 e. The van der Waals surface area contributed by atoms with E-state index in [0.717, 1.165) is 31.4 Å². The first-order chi connectivity index (χ1) is 10.7. The average Bonchev–Trinajstić information content (AvgIpc) is 3.00. The van der Waals surface area contributed by atoms with Crippen molar-refractivity contribution in [2.75, 3.05) is 6.54 Å². The second-order valence-electron chi connectivity index (χ2n) is 5.65. The van der Waals surface area contributed by atoms with Gasteiger partial charge in [0.2, 0.25) is 0 Å². The fraction of sp³-hybridized carbons (Fsp3) is 0.353. The van der Waals surface area contributed by atoms with Crippen molar-refractivity contribution in [3.8, 4) is 6.07 Å². The molecule has 1 aromatic heterocycles. The van der Waals surface area contributed by atoms with Crippen LogP contribution in [0.4, 0.5) is 0 Å². The number of rotatable bonds is 2. The molecule has 1 aromatic carbocycles. The lowest BCUT2D eigenvalue weighted by Gasteiger charge is -2.35. The summed E-state index contributed by atoms with van der Waals surface area (Å²) in [4.78, 5) is 14.8. The van der Waals surface area contributed by atoms with Crippen molar-refractivity contribution in [3.05, 3.63) is 53.3 Å². The van der Waals surface area contributed by atoms with Crippen LogP contribution in [0.25, 0.3) is 0 Å². The van der Waals surface area contributed by atoms with Crippen LogP contribution in [0.5, 0.6) is 0 Å². The molecule has 1 fully saturated rings. The van der Waals surface area contributed by atoms with E-state index in [1.165, 1.54) is 0 Å². The van der Waals surface area contributed by atoms with E-state index in [-0.39, 0.29) is 11.9 Å². The Morgan fingerprint density at radius 2 is 2.27 bits per heavy atom. The Morgan fingerprint density at radius 3 is 3.00 bits per heavy atom. The smallest absolute Gasteiger partial charge is 0.254 e. The number of benzene rings is 1. The van der Waals surface area contributed by atoms with E-state index in [1.54, 1.807) is 28.9 Å². The molecular weight excluding hydrogens is 276 g/mol. The fourth-order valence-corrected chi connectivity index (χ4v) is 3.02. The van der Waals surface area contributed by atoms with Crippen LogP contribution in [0.3, 0.4) is 0 Å². The number of likely N-dealkylation sites (tertiary alicyclic amines) is 1. The van der Waals surface area contributed by atoms with Gasteiger partial charge in [-0.05, 0) is 37.5 Å². The third kappa shape index (κ3) is 2.73. The van der Waals surface area contributed by atoms with E-state index in [4.69, 9.17) is 5.26 Å². The molecule has 0 radical (unpaired) electrons. The zero-order valence-corrected chi connectivity index (χ0v) is 12.6. The van der Waals surface area contributed by atoms with Crippen molar-refractivity contribution in [1.82, 2.24) is 14.7 Å². The van der Waals surface area contributed by atoms with E-state index >= 15 is 0 Å². The molecule has 0 spiro atoms. The summed E-state index contributed by atoms with van der Waals surface area (Å²) in [5.74, 6) is -0.00865. The van der Waals surface area contributed by atoms with Gasteiger partial charge < -0.3 is 4.90 Å². The number of aromatic nitrogens is 2. The lowest BCUT2D eigenvalue weighted by Crippen LogP contribution is -2.38. The molecule has 0 saturated carbocycles. The van der Waals surface area contributed by atoms with Gasteiger partial charge in [0.15, 0.2) is 0 Å². The molecule has 0 bridgehead atoms. The first-order valence-corrected chi connectivity index (χ1v) is 7.49. The van der Waals surface area contributed by atoms with Gasteiger partial charge in [-0.2, -0.15) is 10.4 Å². The Hall–Kier alpha value is -2.61. The van der Waals surface area contributed by atoms with Crippen LogP contribution in [-0.4, -0.2) is 27.1 Å². The van der Waals surface area contributed by atoms with Gasteiger partial charge in [-0.3, -0.25) is 9.48 Å². The molecule has 1 aliphatic heterocycles. The standard InChI is InChI=1S/C17H18N4O/c1-20-12-15(11-19-20)16-7-2-3-8-21(16)17(22)14-6-4-5-13(9-14)10-18/h4-6,9,11-12,16H,2-3,7-8H2,1H3. The number of aryl methyl sites for hydroxylation is 1. The summed E-state index contributed by atoms with van der Waals surface area (Å²) >= 11 is 0. The zero-order valence-electron chi connectivity index (χ0n) is 12.6. The van der Waals surface area contributed by atoms with Gasteiger partial charge in [0.05, 0.1) is 23.9 Å². The molecule has 22 heavy (non-hydrogen) atoms. The van der Waals surface area contributed by atoms with Crippen LogP contribution in [0, 0.1) is 11.3 Å². The number of hydrogen-bond acceptors (Lipinski definition) is 3. The van der Waals surface area contributed by atoms with Crippen molar-refractivity contribution in [2.24, 2.45) is 7.05 Å². The van der Waals surface area contributed by atoms with Crippen molar-refractivity contribution >= 4 is 5.91 Å². The number of carbonyl (C=O) groups excluding carboxylic acids is 1. The van der Waals surface area contributed by atoms with E-state index in [1.807, 2.05) is 24.3 Å². The van der Waals surface area contributed by atoms with E-state index < -0.39 is 0 Å². The minimum atomic E-state index is -0.00865. The van der Waals surface area contributed by atoms with Crippen LogP contribution in [0.2, 0.25) is 0 Å². The van der Waals surface area contributed by atoms with Crippen molar-refractivity contribution in [3.63, 3.8) is 0 Å². The highest BCUT2D eigenvalue weighted by molar-refractivity contribution is 5.94. The van der Waals surface area contributed by atoms with Crippen LogP contribution < -0.4 is 0 Å². The highest BCUT2D eigenvalue weighted by atomic mass is 16.2. The van der Waals surface area contributed by atoms with Gasteiger partial charge in [-0.1, -0.05) is 6.07 Å². The predicted molar refractivity (Wildman–Crippen MR) is 82.0 cm³/mol. The number of hydrogen-bond donors (Lipinski definition) is 0. The summed E-state index contributed by atoms with van der Waals surface area (Å²) < 4.78 is 1.77. The number of nitrogens with zero attached hydrogens (tertiary/aromatic N) is 4. The lowest BCUT2D eigenvalue weighted by atomic mass is 9.96. The molecule has 1 saturated heterocycles. The summed E-state index contributed by atoms with van der Waals surface area (Å²) in [5, 5.41) is 13.2. The van der Waals surface area contributed by atoms with Gasteiger partial charge in [0, 0.05) is 30.9 Å². The summed E-state index contributed by atoms with van der Waals surface area (Å²) in [6.45, 7) is 0.745. The molecule has 0 N–H and O–H groups in total. The van der Waals surface area contributed by atoms with Crippen LogP contribution in [-0.2, 0) is 7.05 Å². The largest absolute Gasteiger partial charge is 0.331 e. The number of nitriles is 1. The maximum Gasteiger partial charge on any atom is 0.254 e. The first kappa shape index (κ1) is 14.3. The van der Waals surface area contributed by atoms with Crippen molar-refractivity contribution in [1.29, 1.82) is 5.26 Å². The van der Waals surface area contributed by atoms with Crippen molar-refractivity contribution < 1.29 is 4.79 Å². The van der Waals surface area contributed by atoms with Gasteiger partial charge >= 0.3 is 0 Å². The third-order valence-electron chi connectivity index (χ3n) is 4.11.